The van der Waals surface area contributed by atoms with Crippen molar-refractivity contribution in [3.63, 3.8) is 0 Å². The minimum atomic E-state index is -3.61. The molecular formula is C16H22O8S. The number of benzene rings is 1. The van der Waals surface area contributed by atoms with Crippen molar-refractivity contribution in [3.05, 3.63) is 29.8 Å². The van der Waals surface area contributed by atoms with Crippen LogP contribution in [0.15, 0.2) is 24.3 Å². The number of hydrogen-bond acceptors (Lipinski definition) is 8. The van der Waals surface area contributed by atoms with Crippen molar-refractivity contribution in [1.82, 2.24) is 0 Å². The summed E-state index contributed by atoms with van der Waals surface area (Å²) < 4.78 is 55.6. The van der Waals surface area contributed by atoms with E-state index in [0.717, 1.165) is 17.6 Å². The number of rotatable bonds is 8. The van der Waals surface area contributed by atoms with Crippen LogP contribution >= 0.6 is 0 Å². The Balaban J connectivity index is 1.70. The van der Waals surface area contributed by atoms with Gasteiger partial charge in [-0.1, -0.05) is 12.1 Å². The first-order valence-electron chi connectivity index (χ1n) is 7.78. The summed E-state index contributed by atoms with van der Waals surface area (Å²) in [6.45, 7) is 0.310. The van der Waals surface area contributed by atoms with Gasteiger partial charge in [0.05, 0.1) is 26.6 Å². The van der Waals surface area contributed by atoms with E-state index in [9.17, 15) is 8.42 Å². The summed E-state index contributed by atoms with van der Waals surface area (Å²) in [5.41, 5.74) is -0.0683. The van der Waals surface area contributed by atoms with E-state index in [1.807, 2.05) is 24.3 Å². The Morgan fingerprint density at radius 3 is 2.56 bits per heavy atom. The van der Waals surface area contributed by atoms with Gasteiger partial charge < -0.3 is 23.7 Å². The van der Waals surface area contributed by atoms with Gasteiger partial charge in [-0.25, -0.2) is 0 Å². The van der Waals surface area contributed by atoms with Gasteiger partial charge in [0.1, 0.15) is 30.2 Å². The van der Waals surface area contributed by atoms with E-state index in [1.165, 1.54) is 7.11 Å². The molecule has 0 aliphatic carbocycles. The zero-order valence-electron chi connectivity index (χ0n) is 14.3. The third-order valence-electron chi connectivity index (χ3n) is 4.29. The summed E-state index contributed by atoms with van der Waals surface area (Å²) in [6, 6.07) is 7.47. The molecule has 2 aliphatic heterocycles. The fourth-order valence-corrected chi connectivity index (χ4v) is 3.44. The van der Waals surface area contributed by atoms with E-state index >= 15 is 0 Å². The summed E-state index contributed by atoms with van der Waals surface area (Å²) in [7, 11) is -0.505. The molecule has 8 nitrogen and oxygen atoms in total. The molecular weight excluding hydrogens is 352 g/mol. The molecule has 2 heterocycles. The van der Waals surface area contributed by atoms with Crippen molar-refractivity contribution < 1.29 is 36.3 Å². The second-order valence-corrected chi connectivity index (χ2v) is 7.75. The van der Waals surface area contributed by atoms with Crippen molar-refractivity contribution in [2.75, 3.05) is 33.7 Å². The first-order valence-corrected chi connectivity index (χ1v) is 9.60. The Kier molecular flexibility index (Phi) is 5.33. The first kappa shape index (κ1) is 18.6. The lowest BCUT2D eigenvalue weighted by molar-refractivity contribution is -0.240. The predicted molar refractivity (Wildman–Crippen MR) is 86.7 cm³/mol. The highest BCUT2D eigenvalue weighted by Crippen LogP contribution is 2.43. The maximum absolute atomic E-state index is 11.4. The highest BCUT2D eigenvalue weighted by atomic mass is 32.2. The van der Waals surface area contributed by atoms with E-state index < -0.39 is 34.2 Å². The molecule has 9 heteroatoms. The Bertz CT molecular complexity index is 689. The van der Waals surface area contributed by atoms with Crippen LogP contribution in [0.4, 0.5) is 0 Å². The first-order chi connectivity index (χ1) is 11.9. The third kappa shape index (κ3) is 3.97. The fraction of sp³-hybridized carbons (Fsp3) is 0.625. The molecule has 4 atom stereocenters. The number of fused-ring (bicyclic) bond motifs is 2. The summed E-state index contributed by atoms with van der Waals surface area (Å²) in [4.78, 5) is 0. The van der Waals surface area contributed by atoms with Gasteiger partial charge in [-0.15, -0.1) is 0 Å². The normalized spacial score (nSPS) is 31.4. The van der Waals surface area contributed by atoms with Crippen LogP contribution in [0, 0.1) is 0 Å². The average Bonchev–Trinajstić information content (AvgIpc) is 3.10. The molecule has 1 aromatic rings. The lowest BCUT2D eigenvalue weighted by atomic mass is 10.0. The van der Waals surface area contributed by atoms with Crippen LogP contribution in [0.2, 0.25) is 0 Å². The van der Waals surface area contributed by atoms with E-state index in [0.29, 0.717) is 6.61 Å². The molecule has 1 aromatic carbocycles. The average molecular weight is 374 g/mol. The standard InChI is InChI=1S/C16H22O8S/c1-19-12-6-4-11(5-7-12)8-21-14-13-15(20-2)24-16(14,9-22-13)10-23-25(3,17)18/h4-7,13-15H,8-10H2,1-3H3/t13-,14+,15?,16-/m0/s1. The largest absolute Gasteiger partial charge is 0.497 e. The summed E-state index contributed by atoms with van der Waals surface area (Å²) in [5.74, 6) is 0.758. The Hall–Kier alpha value is -1.23. The van der Waals surface area contributed by atoms with Gasteiger partial charge in [-0.2, -0.15) is 8.42 Å². The van der Waals surface area contributed by atoms with Crippen molar-refractivity contribution in [2.24, 2.45) is 0 Å². The molecule has 0 amide bonds. The molecule has 140 valence electrons. The maximum Gasteiger partial charge on any atom is 0.264 e. The molecule has 0 N–H and O–H groups in total. The maximum atomic E-state index is 11.4. The molecule has 3 rings (SSSR count). The highest BCUT2D eigenvalue weighted by Gasteiger charge is 2.63. The fourth-order valence-electron chi connectivity index (χ4n) is 3.03. The van der Waals surface area contributed by atoms with Gasteiger partial charge in [0.25, 0.3) is 10.1 Å². The quantitative estimate of drug-likeness (QED) is 0.614. The van der Waals surface area contributed by atoms with Crippen LogP contribution in [0.5, 0.6) is 5.75 Å². The summed E-state index contributed by atoms with van der Waals surface area (Å²) >= 11 is 0. The lowest BCUT2D eigenvalue weighted by Gasteiger charge is -2.30. The van der Waals surface area contributed by atoms with Crippen molar-refractivity contribution >= 4 is 10.1 Å². The van der Waals surface area contributed by atoms with Crippen LogP contribution < -0.4 is 4.74 Å². The molecule has 2 aliphatic rings. The third-order valence-corrected chi connectivity index (χ3v) is 4.84. The predicted octanol–water partition coefficient (Wildman–Crippen LogP) is 0.697. The topological polar surface area (TPSA) is 89.5 Å². The molecule has 0 aromatic heterocycles. The second kappa shape index (κ2) is 7.18. The summed E-state index contributed by atoms with van der Waals surface area (Å²) in [5, 5.41) is 0. The molecule has 1 unspecified atom stereocenters. The van der Waals surface area contributed by atoms with Gasteiger partial charge >= 0.3 is 0 Å². The molecule has 0 radical (unpaired) electrons. The molecule has 25 heavy (non-hydrogen) atoms. The van der Waals surface area contributed by atoms with Gasteiger partial charge in [0.2, 0.25) is 0 Å². The van der Waals surface area contributed by atoms with E-state index in [-0.39, 0.29) is 13.2 Å². The van der Waals surface area contributed by atoms with Crippen LogP contribution in [-0.4, -0.2) is 66.2 Å². The Morgan fingerprint density at radius 2 is 1.96 bits per heavy atom. The van der Waals surface area contributed by atoms with Crippen LogP contribution in [-0.2, 0) is 39.9 Å². The zero-order chi connectivity index (χ0) is 18.1. The van der Waals surface area contributed by atoms with Crippen molar-refractivity contribution in [2.45, 2.75) is 30.7 Å². The lowest BCUT2D eigenvalue weighted by Crippen LogP contribution is -2.47. The molecule has 0 saturated carbocycles. The minimum Gasteiger partial charge on any atom is -0.497 e. The number of hydrogen-bond donors (Lipinski definition) is 0. The molecule has 2 bridgehead atoms. The zero-order valence-corrected chi connectivity index (χ0v) is 15.2. The van der Waals surface area contributed by atoms with E-state index in [2.05, 4.69) is 0 Å². The van der Waals surface area contributed by atoms with Gasteiger partial charge in [-0.3, -0.25) is 4.18 Å². The van der Waals surface area contributed by atoms with Crippen LogP contribution in [0.1, 0.15) is 5.56 Å². The molecule has 0 spiro atoms. The summed E-state index contributed by atoms with van der Waals surface area (Å²) in [6.07, 6.45) is -0.571. The Morgan fingerprint density at radius 1 is 1.24 bits per heavy atom. The van der Waals surface area contributed by atoms with Gasteiger partial charge in [0.15, 0.2) is 6.29 Å². The SMILES string of the molecule is COc1ccc(CO[C@@H]2[C@@H]3OC[C@@]2(COS(C)(=O)=O)OC3OC)cc1. The Labute approximate surface area is 147 Å². The number of ether oxygens (including phenoxy) is 5. The highest BCUT2D eigenvalue weighted by molar-refractivity contribution is 7.85. The van der Waals surface area contributed by atoms with Gasteiger partial charge in [0, 0.05) is 7.11 Å². The smallest absolute Gasteiger partial charge is 0.264 e. The van der Waals surface area contributed by atoms with Crippen LogP contribution in [0.25, 0.3) is 0 Å². The second-order valence-electron chi connectivity index (χ2n) is 6.11. The molecule has 2 fully saturated rings. The van der Waals surface area contributed by atoms with E-state index in [1.54, 1.807) is 7.11 Å². The van der Waals surface area contributed by atoms with Gasteiger partial charge in [-0.05, 0) is 17.7 Å². The minimum absolute atomic E-state index is 0.181. The van der Waals surface area contributed by atoms with Crippen LogP contribution in [0.3, 0.4) is 0 Å². The number of methoxy groups -OCH3 is 2. The van der Waals surface area contributed by atoms with Crippen molar-refractivity contribution in [1.29, 1.82) is 0 Å². The molecule has 2 saturated heterocycles. The monoisotopic (exact) mass is 374 g/mol. The van der Waals surface area contributed by atoms with Crippen molar-refractivity contribution in [3.8, 4) is 5.75 Å². The van der Waals surface area contributed by atoms with E-state index in [4.69, 9.17) is 27.9 Å².